The first-order valence-electron chi connectivity index (χ1n) is 11.6. The third-order valence-corrected chi connectivity index (χ3v) is 7.01. The Bertz CT molecular complexity index is 1230. The van der Waals surface area contributed by atoms with Crippen LogP contribution in [0.2, 0.25) is 0 Å². The molecule has 0 saturated carbocycles. The maximum Gasteiger partial charge on any atom is 0.168 e. The topological polar surface area (TPSA) is 125 Å². The van der Waals surface area contributed by atoms with E-state index in [1.807, 2.05) is 13.0 Å². The highest BCUT2D eigenvalue weighted by Crippen LogP contribution is 2.36. The zero-order valence-electron chi connectivity index (χ0n) is 20.1. The molecular formula is C24H28F2N4O6. The molecule has 0 unspecified atom stereocenters. The SMILES string of the molecule is CO[C@@H]1[C@@H](n2cc(-c3ccc(C)c(F)c3F)nn2)[C@@H](O)[C@@H](CO)O[C@@H]1Cc1cc(C2(C)COC2)on1. The molecular weight excluding hydrogens is 478 g/mol. The molecule has 0 radical (unpaired) electrons. The van der Waals surface area contributed by atoms with Gasteiger partial charge in [-0.2, -0.15) is 0 Å². The number of hydrogen-bond donors (Lipinski definition) is 2. The number of aliphatic hydroxyl groups is 2. The molecule has 2 aliphatic rings. The average molecular weight is 507 g/mol. The van der Waals surface area contributed by atoms with E-state index in [0.29, 0.717) is 24.7 Å². The van der Waals surface area contributed by atoms with E-state index in [9.17, 15) is 19.0 Å². The van der Waals surface area contributed by atoms with Gasteiger partial charge in [0.15, 0.2) is 11.6 Å². The third kappa shape index (κ3) is 4.22. The van der Waals surface area contributed by atoms with E-state index >= 15 is 0 Å². The molecule has 2 aliphatic heterocycles. The Kier molecular flexibility index (Phi) is 6.64. The van der Waals surface area contributed by atoms with Crippen LogP contribution in [0.4, 0.5) is 8.78 Å². The molecule has 2 fully saturated rings. The molecule has 4 heterocycles. The summed E-state index contributed by atoms with van der Waals surface area (Å²) in [5.41, 5.74) is 0.598. The summed E-state index contributed by atoms with van der Waals surface area (Å²) in [7, 11) is 1.47. The Hall–Kier alpha value is -2.77. The fraction of sp³-hybridized carbons (Fsp3) is 0.542. The van der Waals surface area contributed by atoms with Crippen LogP contribution in [0.5, 0.6) is 0 Å². The van der Waals surface area contributed by atoms with E-state index in [2.05, 4.69) is 15.5 Å². The summed E-state index contributed by atoms with van der Waals surface area (Å²) in [6.07, 6.45) is -1.85. The second kappa shape index (κ2) is 9.60. The van der Waals surface area contributed by atoms with E-state index < -0.39 is 48.7 Å². The Morgan fingerprint density at radius 1 is 1.22 bits per heavy atom. The molecule has 2 aromatic heterocycles. The smallest absolute Gasteiger partial charge is 0.168 e. The quantitative estimate of drug-likeness (QED) is 0.493. The first-order chi connectivity index (χ1) is 17.3. The van der Waals surface area contributed by atoms with Crippen molar-refractivity contribution < 1.29 is 37.7 Å². The fourth-order valence-electron chi connectivity index (χ4n) is 4.77. The third-order valence-electron chi connectivity index (χ3n) is 7.01. The van der Waals surface area contributed by atoms with E-state index in [-0.39, 0.29) is 28.7 Å². The Balaban J connectivity index is 1.43. The van der Waals surface area contributed by atoms with Crippen LogP contribution in [0.25, 0.3) is 11.3 Å². The molecule has 5 rings (SSSR count). The Morgan fingerprint density at radius 2 is 2.00 bits per heavy atom. The number of rotatable bonds is 7. The number of methoxy groups -OCH3 is 1. The van der Waals surface area contributed by atoms with Gasteiger partial charge in [-0.05, 0) is 25.5 Å². The summed E-state index contributed by atoms with van der Waals surface area (Å²) < 4.78 is 52.5. The van der Waals surface area contributed by atoms with Crippen LogP contribution in [0.1, 0.15) is 30.0 Å². The van der Waals surface area contributed by atoms with Crippen molar-refractivity contribution >= 4 is 0 Å². The van der Waals surface area contributed by atoms with Gasteiger partial charge in [-0.15, -0.1) is 5.10 Å². The minimum Gasteiger partial charge on any atom is -0.394 e. The van der Waals surface area contributed by atoms with Crippen molar-refractivity contribution in [2.45, 2.75) is 56.1 Å². The van der Waals surface area contributed by atoms with Crippen molar-refractivity contribution in [1.82, 2.24) is 20.2 Å². The van der Waals surface area contributed by atoms with Crippen molar-refractivity contribution in [2.75, 3.05) is 26.9 Å². The highest BCUT2D eigenvalue weighted by Gasteiger charge is 2.47. The molecule has 194 valence electrons. The number of hydrogen-bond acceptors (Lipinski definition) is 9. The van der Waals surface area contributed by atoms with Crippen molar-refractivity contribution in [2.24, 2.45) is 0 Å². The van der Waals surface area contributed by atoms with Crippen molar-refractivity contribution in [1.29, 1.82) is 0 Å². The molecule has 12 heteroatoms. The monoisotopic (exact) mass is 506 g/mol. The number of aliphatic hydroxyl groups excluding tert-OH is 2. The number of halogens is 2. The number of aryl methyl sites for hydroxylation is 1. The molecule has 5 atom stereocenters. The summed E-state index contributed by atoms with van der Waals surface area (Å²) in [4.78, 5) is 0. The predicted octanol–water partition coefficient (Wildman–Crippen LogP) is 1.73. The molecule has 0 amide bonds. The van der Waals surface area contributed by atoms with E-state index in [1.54, 1.807) is 0 Å². The van der Waals surface area contributed by atoms with Gasteiger partial charge < -0.3 is 28.9 Å². The molecule has 0 spiro atoms. The zero-order chi connectivity index (χ0) is 25.6. The lowest BCUT2D eigenvalue weighted by atomic mass is 9.85. The van der Waals surface area contributed by atoms with Crippen LogP contribution < -0.4 is 0 Å². The van der Waals surface area contributed by atoms with Gasteiger partial charge >= 0.3 is 0 Å². The Morgan fingerprint density at radius 3 is 2.67 bits per heavy atom. The molecule has 2 saturated heterocycles. The molecule has 2 N–H and O–H groups in total. The maximum atomic E-state index is 14.6. The molecule has 10 nitrogen and oxygen atoms in total. The van der Waals surface area contributed by atoms with Crippen LogP contribution in [0.15, 0.2) is 28.9 Å². The van der Waals surface area contributed by atoms with Crippen LogP contribution >= 0.6 is 0 Å². The molecule has 0 bridgehead atoms. The van der Waals surface area contributed by atoms with Crippen molar-refractivity contribution in [3.05, 3.63) is 53.0 Å². The zero-order valence-corrected chi connectivity index (χ0v) is 20.1. The lowest BCUT2D eigenvalue weighted by Gasteiger charge is -2.43. The van der Waals surface area contributed by atoms with E-state index in [0.717, 1.165) is 0 Å². The van der Waals surface area contributed by atoms with Gasteiger partial charge in [0.05, 0.1) is 43.2 Å². The predicted molar refractivity (Wildman–Crippen MR) is 120 cm³/mol. The van der Waals surface area contributed by atoms with E-state index in [4.69, 9.17) is 18.7 Å². The number of ether oxygens (including phenoxy) is 3. The number of benzene rings is 1. The average Bonchev–Trinajstić information content (AvgIpc) is 3.52. The standard InChI is InChI=1S/C24H28F2N4O6/c1-12-4-5-14(20(26)19(12)25)15-8-30(29-27-15)21-22(32)17(9-31)35-16(23(21)33-3)6-13-7-18(36-28-13)24(2)10-34-11-24/h4-5,7-8,16-17,21-23,31-32H,6,9-11H2,1-3H3/t16-,17-,21+,22+,23+/m1/s1. The first kappa shape index (κ1) is 24.9. The molecule has 36 heavy (non-hydrogen) atoms. The van der Waals surface area contributed by atoms with Gasteiger partial charge in [-0.3, -0.25) is 0 Å². The molecule has 0 aliphatic carbocycles. The fourth-order valence-corrected chi connectivity index (χ4v) is 4.77. The molecule has 3 aromatic rings. The van der Waals surface area contributed by atoms with Gasteiger partial charge in [0.2, 0.25) is 0 Å². The second-order valence-electron chi connectivity index (χ2n) is 9.66. The van der Waals surface area contributed by atoms with E-state index in [1.165, 1.54) is 37.0 Å². The highest BCUT2D eigenvalue weighted by atomic mass is 19.2. The lowest BCUT2D eigenvalue weighted by molar-refractivity contribution is -0.212. The first-order valence-corrected chi connectivity index (χ1v) is 11.6. The summed E-state index contributed by atoms with van der Waals surface area (Å²) in [5, 5.41) is 33.1. The van der Waals surface area contributed by atoms with Gasteiger partial charge in [0.25, 0.3) is 0 Å². The summed E-state index contributed by atoms with van der Waals surface area (Å²) in [6, 6.07) is 3.88. The van der Waals surface area contributed by atoms with Gasteiger partial charge in [-0.25, -0.2) is 13.5 Å². The lowest BCUT2D eigenvalue weighted by Crippen LogP contribution is -2.57. The number of nitrogens with zero attached hydrogens (tertiary/aromatic N) is 4. The second-order valence-corrected chi connectivity index (χ2v) is 9.66. The summed E-state index contributed by atoms with van der Waals surface area (Å²) in [5.74, 6) is -1.29. The van der Waals surface area contributed by atoms with Gasteiger partial charge in [-0.1, -0.05) is 16.4 Å². The largest absolute Gasteiger partial charge is 0.394 e. The maximum absolute atomic E-state index is 14.6. The minimum atomic E-state index is -1.22. The van der Waals surface area contributed by atoms with Crippen molar-refractivity contribution in [3.8, 4) is 11.3 Å². The van der Waals surface area contributed by atoms with Crippen molar-refractivity contribution in [3.63, 3.8) is 0 Å². The summed E-state index contributed by atoms with van der Waals surface area (Å²) in [6.45, 7) is 4.12. The normalized spacial score (nSPS) is 27.7. The number of aromatic nitrogens is 4. The van der Waals surface area contributed by atoms with Crippen LogP contribution in [0, 0.1) is 18.6 Å². The van der Waals surface area contributed by atoms with Crippen LogP contribution in [0.3, 0.4) is 0 Å². The van der Waals surface area contributed by atoms with Crippen LogP contribution in [-0.4, -0.2) is 81.7 Å². The minimum absolute atomic E-state index is 0.0567. The Labute approximate surface area is 205 Å². The van der Waals surface area contributed by atoms with Gasteiger partial charge in [0, 0.05) is 25.2 Å². The highest BCUT2D eigenvalue weighted by molar-refractivity contribution is 5.59. The van der Waals surface area contributed by atoms with Crippen LogP contribution in [-0.2, 0) is 26.0 Å². The molecule has 1 aromatic carbocycles. The summed E-state index contributed by atoms with van der Waals surface area (Å²) >= 11 is 0. The van der Waals surface area contributed by atoms with Gasteiger partial charge in [0.1, 0.15) is 35.8 Å².